The monoisotopic (exact) mass is 297 g/mol. The molecule has 5 nitrogen and oxygen atoms in total. The molecule has 0 spiro atoms. The van der Waals surface area contributed by atoms with Crippen molar-refractivity contribution in [2.75, 3.05) is 6.54 Å². The Morgan fingerprint density at radius 1 is 1.45 bits per heavy atom. The summed E-state index contributed by atoms with van der Waals surface area (Å²) in [6.07, 6.45) is 0. The number of aromatic nitrogens is 2. The van der Waals surface area contributed by atoms with Crippen LogP contribution in [0.4, 0.5) is 4.39 Å². The van der Waals surface area contributed by atoms with Gasteiger partial charge in [0.05, 0.1) is 10.7 Å². The number of halogens is 2. The third-order valence-electron chi connectivity index (χ3n) is 2.68. The molecule has 0 unspecified atom stereocenters. The van der Waals surface area contributed by atoms with Gasteiger partial charge in [-0.05, 0) is 24.7 Å². The smallest absolute Gasteiger partial charge is 0.275 e. The summed E-state index contributed by atoms with van der Waals surface area (Å²) in [7, 11) is 0. The second-order valence-corrected chi connectivity index (χ2v) is 4.51. The van der Waals surface area contributed by atoms with Crippen molar-refractivity contribution in [3.8, 4) is 11.4 Å². The van der Waals surface area contributed by atoms with Gasteiger partial charge in [0.2, 0.25) is 0 Å². The molecule has 0 aliphatic rings. The molecule has 2 rings (SSSR count). The topological polar surface area (TPSA) is 67.2 Å². The molecule has 0 amide bonds. The van der Waals surface area contributed by atoms with Crippen molar-refractivity contribution in [2.45, 2.75) is 13.5 Å². The maximum Gasteiger partial charge on any atom is 0.275 e. The summed E-state index contributed by atoms with van der Waals surface area (Å²) in [5.41, 5.74) is 0.136. The fraction of sp³-hybridized carbons (Fsp3) is 0.231. The predicted molar refractivity (Wildman–Crippen MR) is 73.8 cm³/mol. The average molecular weight is 298 g/mol. The molecular formula is C13H13ClFN3O2. The normalized spacial score (nSPS) is 10.8. The highest BCUT2D eigenvalue weighted by Crippen LogP contribution is 2.18. The molecule has 2 aromatic rings. The second kappa shape index (κ2) is 6.02. The van der Waals surface area contributed by atoms with E-state index in [0.717, 1.165) is 16.8 Å². The molecule has 0 saturated carbocycles. The van der Waals surface area contributed by atoms with Crippen LogP contribution in [-0.4, -0.2) is 21.4 Å². The van der Waals surface area contributed by atoms with E-state index in [9.17, 15) is 14.3 Å². The summed E-state index contributed by atoms with van der Waals surface area (Å²) in [4.78, 5) is 11.8. The van der Waals surface area contributed by atoms with Crippen LogP contribution in [0.1, 0.15) is 12.6 Å². The maximum absolute atomic E-state index is 13.1. The van der Waals surface area contributed by atoms with Crippen LogP contribution in [0.2, 0.25) is 5.02 Å². The molecule has 0 saturated heterocycles. The molecule has 1 aromatic carbocycles. The highest BCUT2D eigenvalue weighted by molar-refractivity contribution is 6.30. The lowest BCUT2D eigenvalue weighted by molar-refractivity contribution is 0.452. The summed E-state index contributed by atoms with van der Waals surface area (Å²) >= 11 is 5.69. The number of hydrogen-bond acceptors (Lipinski definition) is 4. The third kappa shape index (κ3) is 2.97. The number of rotatable bonds is 4. The molecule has 0 atom stereocenters. The highest BCUT2D eigenvalue weighted by atomic mass is 35.5. The van der Waals surface area contributed by atoms with E-state index >= 15 is 0 Å². The van der Waals surface area contributed by atoms with E-state index in [1.165, 1.54) is 12.1 Å². The highest BCUT2D eigenvalue weighted by Gasteiger charge is 2.10. The number of benzene rings is 1. The summed E-state index contributed by atoms with van der Waals surface area (Å²) in [5.74, 6) is -0.754. The van der Waals surface area contributed by atoms with Crippen molar-refractivity contribution >= 4 is 11.6 Å². The zero-order valence-corrected chi connectivity index (χ0v) is 11.5. The molecule has 0 radical (unpaired) electrons. The van der Waals surface area contributed by atoms with Crippen LogP contribution in [0.5, 0.6) is 5.75 Å². The Hall–Kier alpha value is -1.92. The van der Waals surface area contributed by atoms with E-state index < -0.39 is 11.4 Å². The number of nitrogens with one attached hydrogen (secondary N) is 1. The standard InChI is InChI=1S/C13H13ClFN3O2/c1-2-16-7-11-12(19)6-13(20)18(17-11)8-3-4-10(15)9(14)5-8/h3-6,16,19H,2,7H2,1H3. The molecule has 20 heavy (non-hydrogen) atoms. The zero-order chi connectivity index (χ0) is 14.7. The Bertz CT molecular complexity index is 688. The van der Waals surface area contributed by atoms with Gasteiger partial charge < -0.3 is 10.4 Å². The van der Waals surface area contributed by atoms with E-state index in [0.29, 0.717) is 24.5 Å². The predicted octanol–water partition coefficient (Wildman–Crippen LogP) is 1.84. The van der Waals surface area contributed by atoms with E-state index in [1.807, 2.05) is 6.92 Å². The Kier molecular flexibility index (Phi) is 4.36. The first-order valence-corrected chi connectivity index (χ1v) is 6.39. The number of nitrogens with zero attached hydrogens (tertiary/aromatic N) is 2. The van der Waals surface area contributed by atoms with E-state index in [1.54, 1.807) is 0 Å². The lowest BCUT2D eigenvalue weighted by atomic mass is 10.3. The molecule has 1 heterocycles. The molecule has 0 bridgehead atoms. The largest absolute Gasteiger partial charge is 0.506 e. The minimum absolute atomic E-state index is 0.0995. The van der Waals surface area contributed by atoms with Crippen LogP contribution in [0.3, 0.4) is 0 Å². The Morgan fingerprint density at radius 2 is 2.20 bits per heavy atom. The molecule has 1 aromatic heterocycles. The summed E-state index contributed by atoms with van der Waals surface area (Å²) in [6.45, 7) is 2.92. The lowest BCUT2D eigenvalue weighted by Gasteiger charge is -2.09. The van der Waals surface area contributed by atoms with Gasteiger partial charge in [0.1, 0.15) is 17.3 Å². The fourth-order valence-electron chi connectivity index (χ4n) is 1.65. The zero-order valence-electron chi connectivity index (χ0n) is 10.7. The van der Waals surface area contributed by atoms with E-state index in [2.05, 4.69) is 10.4 Å². The average Bonchev–Trinajstić information content (AvgIpc) is 2.41. The van der Waals surface area contributed by atoms with Crippen molar-refractivity contribution in [3.63, 3.8) is 0 Å². The molecule has 0 aliphatic carbocycles. The van der Waals surface area contributed by atoms with Gasteiger partial charge in [-0.15, -0.1) is 0 Å². The minimum Gasteiger partial charge on any atom is -0.506 e. The van der Waals surface area contributed by atoms with E-state index in [-0.39, 0.29) is 10.8 Å². The van der Waals surface area contributed by atoms with Crippen molar-refractivity contribution in [3.05, 3.63) is 51.2 Å². The van der Waals surface area contributed by atoms with Crippen molar-refractivity contribution in [2.24, 2.45) is 0 Å². The molecule has 2 N–H and O–H groups in total. The van der Waals surface area contributed by atoms with Crippen molar-refractivity contribution in [1.29, 1.82) is 0 Å². The summed E-state index contributed by atoms with van der Waals surface area (Å²) in [5, 5.41) is 16.6. The van der Waals surface area contributed by atoms with Crippen LogP contribution in [0.15, 0.2) is 29.1 Å². The van der Waals surface area contributed by atoms with E-state index in [4.69, 9.17) is 11.6 Å². The van der Waals surface area contributed by atoms with Crippen LogP contribution in [0, 0.1) is 5.82 Å². The fourth-order valence-corrected chi connectivity index (χ4v) is 1.83. The molecule has 7 heteroatoms. The van der Waals surface area contributed by atoms with Gasteiger partial charge in [-0.2, -0.15) is 9.78 Å². The summed E-state index contributed by atoms with van der Waals surface area (Å²) in [6, 6.07) is 4.92. The van der Waals surface area contributed by atoms with Gasteiger partial charge in [0.25, 0.3) is 5.56 Å². The first-order chi connectivity index (χ1) is 9.52. The third-order valence-corrected chi connectivity index (χ3v) is 2.97. The quantitative estimate of drug-likeness (QED) is 0.904. The van der Waals surface area contributed by atoms with Gasteiger partial charge in [0, 0.05) is 12.6 Å². The van der Waals surface area contributed by atoms with Gasteiger partial charge >= 0.3 is 0 Å². The second-order valence-electron chi connectivity index (χ2n) is 4.11. The Labute approximate surface area is 119 Å². The van der Waals surface area contributed by atoms with Crippen LogP contribution in [0.25, 0.3) is 5.69 Å². The van der Waals surface area contributed by atoms with Gasteiger partial charge in [-0.25, -0.2) is 4.39 Å². The first-order valence-electron chi connectivity index (χ1n) is 6.01. The first kappa shape index (κ1) is 14.5. The van der Waals surface area contributed by atoms with Gasteiger partial charge in [-0.3, -0.25) is 4.79 Å². The molecule has 0 aliphatic heterocycles. The Morgan fingerprint density at radius 3 is 2.85 bits per heavy atom. The molecule has 0 fully saturated rings. The van der Waals surface area contributed by atoms with Crippen LogP contribution in [-0.2, 0) is 6.54 Å². The summed E-state index contributed by atoms with van der Waals surface area (Å²) < 4.78 is 14.2. The Balaban J connectivity index is 2.50. The van der Waals surface area contributed by atoms with Crippen LogP contribution < -0.4 is 10.9 Å². The van der Waals surface area contributed by atoms with Crippen molar-refractivity contribution in [1.82, 2.24) is 15.1 Å². The number of aromatic hydroxyl groups is 1. The van der Waals surface area contributed by atoms with Gasteiger partial charge in [0.15, 0.2) is 0 Å². The SMILES string of the molecule is CCNCc1nn(-c2ccc(F)c(Cl)c2)c(=O)cc1O. The maximum atomic E-state index is 13.1. The van der Waals surface area contributed by atoms with Crippen molar-refractivity contribution < 1.29 is 9.50 Å². The van der Waals surface area contributed by atoms with Gasteiger partial charge in [-0.1, -0.05) is 18.5 Å². The molecular weight excluding hydrogens is 285 g/mol. The molecule has 106 valence electrons. The number of hydrogen-bond donors (Lipinski definition) is 2. The van der Waals surface area contributed by atoms with Crippen LogP contribution >= 0.6 is 11.6 Å². The lowest BCUT2D eigenvalue weighted by Crippen LogP contribution is -2.24. The minimum atomic E-state index is -0.574.